The Hall–Kier alpha value is -1.06. The molecule has 0 saturated carbocycles. The van der Waals surface area contributed by atoms with Gasteiger partial charge < -0.3 is 15.5 Å². The number of benzene rings is 1. The Morgan fingerprint density at radius 1 is 1.35 bits per heavy atom. The van der Waals surface area contributed by atoms with Gasteiger partial charge in [0.25, 0.3) is 0 Å². The van der Waals surface area contributed by atoms with Gasteiger partial charge in [0, 0.05) is 31.9 Å². The van der Waals surface area contributed by atoms with Gasteiger partial charge in [-0.05, 0) is 44.1 Å². The number of nitrogens with zero attached hydrogens (tertiary/aromatic N) is 2. The predicted octanol–water partition coefficient (Wildman–Crippen LogP) is 1.68. The lowest BCUT2D eigenvalue weighted by Gasteiger charge is -2.27. The van der Waals surface area contributed by atoms with E-state index in [9.17, 15) is 0 Å². The van der Waals surface area contributed by atoms with Crippen LogP contribution in [0.2, 0.25) is 0 Å². The highest BCUT2D eigenvalue weighted by molar-refractivity contribution is 5.47. The number of hydrogen-bond donors (Lipinski definition) is 1. The topological polar surface area (TPSA) is 32.5 Å². The van der Waals surface area contributed by atoms with Gasteiger partial charge >= 0.3 is 0 Å². The number of anilines is 1. The van der Waals surface area contributed by atoms with Crippen LogP contribution in [0.1, 0.15) is 18.4 Å². The summed E-state index contributed by atoms with van der Waals surface area (Å²) in [4.78, 5) is 4.80. The van der Waals surface area contributed by atoms with E-state index in [0.717, 1.165) is 6.54 Å². The minimum Gasteiger partial charge on any atom is -0.373 e. The molecule has 0 radical (unpaired) electrons. The van der Waals surface area contributed by atoms with Crippen LogP contribution in [-0.4, -0.2) is 38.1 Å². The largest absolute Gasteiger partial charge is 0.373 e. The standard InChI is InChI=1S/C14H23N3/c1-16-9-3-4-14(16)11-17(2)13-7-5-12(10-15)6-8-13/h5-8,14H,3-4,9-11,15H2,1-2H3. The third-order valence-corrected chi connectivity index (χ3v) is 3.77. The van der Waals surface area contributed by atoms with Gasteiger partial charge in [-0.25, -0.2) is 0 Å². The van der Waals surface area contributed by atoms with Gasteiger partial charge in [-0.15, -0.1) is 0 Å². The van der Waals surface area contributed by atoms with E-state index in [1.165, 1.54) is 30.6 Å². The van der Waals surface area contributed by atoms with Gasteiger partial charge in [0.2, 0.25) is 0 Å². The van der Waals surface area contributed by atoms with Crippen molar-refractivity contribution in [2.45, 2.75) is 25.4 Å². The highest BCUT2D eigenvalue weighted by atomic mass is 15.2. The summed E-state index contributed by atoms with van der Waals surface area (Å²) >= 11 is 0. The Balaban J connectivity index is 1.96. The summed E-state index contributed by atoms with van der Waals surface area (Å²) in [6.07, 6.45) is 2.66. The van der Waals surface area contributed by atoms with Gasteiger partial charge in [-0.3, -0.25) is 0 Å². The predicted molar refractivity (Wildman–Crippen MR) is 73.3 cm³/mol. The van der Waals surface area contributed by atoms with E-state index in [0.29, 0.717) is 12.6 Å². The molecule has 0 spiro atoms. The van der Waals surface area contributed by atoms with Crippen LogP contribution in [0.3, 0.4) is 0 Å². The maximum absolute atomic E-state index is 5.61. The fourth-order valence-corrected chi connectivity index (χ4v) is 2.52. The van der Waals surface area contributed by atoms with Gasteiger partial charge in [-0.1, -0.05) is 12.1 Å². The van der Waals surface area contributed by atoms with Crippen LogP contribution in [0.15, 0.2) is 24.3 Å². The Labute approximate surface area is 104 Å². The first kappa shape index (κ1) is 12.4. The summed E-state index contributed by atoms with van der Waals surface area (Å²) in [6.45, 7) is 2.97. The average molecular weight is 233 g/mol. The smallest absolute Gasteiger partial charge is 0.0364 e. The second kappa shape index (κ2) is 5.52. The van der Waals surface area contributed by atoms with Gasteiger partial charge in [0.1, 0.15) is 0 Å². The van der Waals surface area contributed by atoms with E-state index in [2.05, 4.69) is 48.2 Å². The maximum atomic E-state index is 5.61. The lowest BCUT2D eigenvalue weighted by molar-refractivity contribution is 0.314. The van der Waals surface area contributed by atoms with Gasteiger partial charge in [0.15, 0.2) is 0 Å². The molecule has 1 atom stereocenters. The van der Waals surface area contributed by atoms with Crippen molar-refractivity contribution >= 4 is 5.69 Å². The minimum absolute atomic E-state index is 0.620. The molecular formula is C14H23N3. The maximum Gasteiger partial charge on any atom is 0.0364 e. The number of likely N-dealkylation sites (tertiary alicyclic amines) is 1. The van der Waals surface area contributed by atoms with Crippen LogP contribution in [0.4, 0.5) is 5.69 Å². The van der Waals surface area contributed by atoms with Crippen molar-refractivity contribution in [2.24, 2.45) is 5.73 Å². The van der Waals surface area contributed by atoms with Crippen molar-refractivity contribution in [3.8, 4) is 0 Å². The van der Waals surface area contributed by atoms with Crippen LogP contribution < -0.4 is 10.6 Å². The molecule has 1 aromatic carbocycles. The first-order valence-electron chi connectivity index (χ1n) is 6.41. The fourth-order valence-electron chi connectivity index (χ4n) is 2.52. The highest BCUT2D eigenvalue weighted by Crippen LogP contribution is 2.19. The van der Waals surface area contributed by atoms with E-state index in [-0.39, 0.29) is 0 Å². The molecule has 0 amide bonds. The number of nitrogens with two attached hydrogens (primary N) is 1. The lowest BCUT2D eigenvalue weighted by atomic mass is 10.1. The van der Waals surface area contributed by atoms with Crippen molar-refractivity contribution in [1.82, 2.24) is 4.90 Å². The van der Waals surface area contributed by atoms with Crippen molar-refractivity contribution in [1.29, 1.82) is 0 Å². The van der Waals surface area contributed by atoms with E-state index in [1.54, 1.807) is 0 Å². The molecule has 1 heterocycles. The zero-order chi connectivity index (χ0) is 12.3. The Morgan fingerprint density at radius 2 is 2.06 bits per heavy atom. The van der Waals surface area contributed by atoms with Crippen molar-refractivity contribution in [2.75, 3.05) is 32.1 Å². The molecule has 1 unspecified atom stereocenters. The normalized spacial score (nSPS) is 20.8. The molecule has 1 fully saturated rings. The monoisotopic (exact) mass is 233 g/mol. The molecule has 3 nitrogen and oxygen atoms in total. The zero-order valence-corrected chi connectivity index (χ0v) is 10.9. The van der Waals surface area contributed by atoms with Crippen molar-refractivity contribution < 1.29 is 0 Å². The molecular weight excluding hydrogens is 210 g/mol. The Kier molecular flexibility index (Phi) is 4.02. The first-order valence-corrected chi connectivity index (χ1v) is 6.41. The van der Waals surface area contributed by atoms with Gasteiger partial charge in [0.05, 0.1) is 0 Å². The van der Waals surface area contributed by atoms with Crippen molar-refractivity contribution in [3.05, 3.63) is 29.8 Å². The molecule has 94 valence electrons. The third-order valence-electron chi connectivity index (χ3n) is 3.77. The number of hydrogen-bond acceptors (Lipinski definition) is 3. The Morgan fingerprint density at radius 3 is 2.59 bits per heavy atom. The van der Waals surface area contributed by atoms with E-state index in [1.807, 2.05) is 0 Å². The molecule has 0 aliphatic carbocycles. The molecule has 17 heavy (non-hydrogen) atoms. The lowest BCUT2D eigenvalue weighted by Crippen LogP contribution is -2.36. The fraction of sp³-hybridized carbons (Fsp3) is 0.571. The Bertz CT molecular complexity index is 347. The van der Waals surface area contributed by atoms with Crippen LogP contribution in [0, 0.1) is 0 Å². The molecule has 1 aliphatic rings. The van der Waals surface area contributed by atoms with Crippen LogP contribution in [-0.2, 0) is 6.54 Å². The second-order valence-corrected chi connectivity index (χ2v) is 5.03. The molecule has 3 heteroatoms. The quantitative estimate of drug-likeness (QED) is 0.858. The minimum atomic E-state index is 0.620. The van der Waals surface area contributed by atoms with E-state index in [4.69, 9.17) is 5.73 Å². The zero-order valence-electron chi connectivity index (χ0n) is 10.9. The van der Waals surface area contributed by atoms with Gasteiger partial charge in [-0.2, -0.15) is 0 Å². The van der Waals surface area contributed by atoms with Crippen LogP contribution in [0.25, 0.3) is 0 Å². The molecule has 1 aromatic rings. The van der Waals surface area contributed by atoms with E-state index < -0.39 is 0 Å². The number of rotatable bonds is 4. The summed E-state index contributed by atoms with van der Waals surface area (Å²) in [5.74, 6) is 0. The number of likely N-dealkylation sites (N-methyl/N-ethyl adjacent to an activating group) is 2. The first-order chi connectivity index (χ1) is 8.20. The SMILES string of the molecule is CN(CC1CCCN1C)c1ccc(CN)cc1. The average Bonchev–Trinajstić information content (AvgIpc) is 2.75. The molecule has 2 N–H and O–H groups in total. The summed E-state index contributed by atoms with van der Waals surface area (Å²) in [5.41, 5.74) is 8.08. The third kappa shape index (κ3) is 2.99. The van der Waals surface area contributed by atoms with Crippen LogP contribution in [0.5, 0.6) is 0 Å². The molecule has 1 saturated heterocycles. The summed E-state index contributed by atoms with van der Waals surface area (Å²) in [5, 5.41) is 0. The van der Waals surface area contributed by atoms with Crippen LogP contribution >= 0.6 is 0 Å². The van der Waals surface area contributed by atoms with Crippen molar-refractivity contribution in [3.63, 3.8) is 0 Å². The molecule has 0 aromatic heterocycles. The highest BCUT2D eigenvalue weighted by Gasteiger charge is 2.22. The summed E-state index contributed by atoms with van der Waals surface area (Å²) in [6, 6.07) is 9.26. The summed E-state index contributed by atoms with van der Waals surface area (Å²) < 4.78 is 0. The van der Waals surface area contributed by atoms with E-state index >= 15 is 0 Å². The molecule has 2 rings (SSSR count). The molecule has 1 aliphatic heterocycles. The summed E-state index contributed by atoms with van der Waals surface area (Å²) in [7, 11) is 4.40. The molecule has 0 bridgehead atoms. The second-order valence-electron chi connectivity index (χ2n) is 5.03.